The molecule has 0 aliphatic heterocycles. The minimum atomic E-state index is 0. The molecule has 0 amide bonds. The molecular weight excluding hydrogens is 344 g/mol. The molecule has 4 nitrogen and oxygen atoms in total. The minimum absolute atomic E-state index is 0. The smallest absolute Gasteiger partial charge is 0.0540 e. The van der Waals surface area contributed by atoms with Crippen molar-refractivity contribution in [2.45, 2.75) is 6.92 Å². The van der Waals surface area contributed by atoms with E-state index in [0.717, 1.165) is 39.2 Å². The number of nitriles is 1. The number of rotatable bonds is 2. The molecule has 0 fully saturated rings. The van der Waals surface area contributed by atoms with E-state index in [1.54, 1.807) is 12.2 Å². The van der Waals surface area contributed by atoms with Crippen LogP contribution < -0.4 is 11.5 Å². The monoisotopic (exact) mass is 364 g/mol. The lowest BCUT2D eigenvalue weighted by molar-refractivity contribution is 1.43. The van der Waals surface area contributed by atoms with E-state index >= 15 is 0 Å². The molecule has 0 radical (unpaired) electrons. The Morgan fingerprint density at radius 2 is 1.42 bits per heavy atom. The van der Waals surface area contributed by atoms with Crippen molar-refractivity contribution in [1.82, 2.24) is 0 Å². The first-order valence-corrected chi connectivity index (χ1v) is 7.72. The average Bonchev–Trinajstić information content (AvgIpc) is 2.63. The van der Waals surface area contributed by atoms with Gasteiger partial charge in [0.2, 0.25) is 0 Å². The highest BCUT2D eigenvalue weighted by molar-refractivity contribution is 6.05. The summed E-state index contributed by atoms with van der Waals surface area (Å²) >= 11 is 0. The van der Waals surface area contributed by atoms with Crippen LogP contribution in [0.2, 0.25) is 0 Å². The Morgan fingerprint density at radius 3 is 1.96 bits per heavy atom. The first kappa shape index (κ1) is 20.8. The molecule has 0 saturated carbocycles. The number of hydrogen-bond donors (Lipinski definition) is 3. The lowest BCUT2D eigenvalue weighted by Gasteiger charge is -2.15. The van der Waals surface area contributed by atoms with Crippen molar-refractivity contribution in [3.63, 3.8) is 0 Å². The number of halogens is 1. The third kappa shape index (κ3) is 4.62. The van der Waals surface area contributed by atoms with Crippen molar-refractivity contribution < 1.29 is 0 Å². The number of allylic oxidation sites excluding steroid dienone is 5. The Morgan fingerprint density at radius 1 is 0.885 bits per heavy atom. The summed E-state index contributed by atoms with van der Waals surface area (Å²) in [6.45, 7) is 5.51. The summed E-state index contributed by atoms with van der Waals surface area (Å²) in [7, 11) is 0. The van der Waals surface area contributed by atoms with Gasteiger partial charge < -0.3 is 16.9 Å². The van der Waals surface area contributed by atoms with Gasteiger partial charge in [-0.3, -0.25) is 0 Å². The second kappa shape index (κ2) is 9.26. The van der Waals surface area contributed by atoms with Gasteiger partial charge in [0.25, 0.3) is 0 Å². The number of benzene rings is 2. The van der Waals surface area contributed by atoms with E-state index in [0.29, 0.717) is 5.71 Å². The van der Waals surface area contributed by atoms with Crippen LogP contribution >= 0.6 is 12.4 Å². The molecule has 5 N–H and O–H groups in total. The van der Waals surface area contributed by atoms with E-state index in [4.69, 9.17) is 22.1 Å². The molecule has 0 heterocycles. The maximum absolute atomic E-state index is 7.69. The first-order chi connectivity index (χ1) is 12.0. The van der Waals surface area contributed by atoms with Gasteiger partial charge in [-0.25, -0.2) is 5.26 Å². The summed E-state index contributed by atoms with van der Waals surface area (Å²) < 4.78 is 0. The summed E-state index contributed by atoms with van der Waals surface area (Å²) in [5, 5.41) is 14.2. The highest BCUT2D eigenvalue weighted by Gasteiger charge is 2.11. The van der Waals surface area contributed by atoms with Crippen molar-refractivity contribution in [3.8, 4) is 6.57 Å². The van der Waals surface area contributed by atoms with E-state index in [-0.39, 0.29) is 12.4 Å². The summed E-state index contributed by atoms with van der Waals surface area (Å²) in [6.07, 6.45) is 7.55. The highest BCUT2D eigenvalue weighted by atomic mass is 35.5. The maximum Gasteiger partial charge on any atom is 0.0540 e. The third-order valence-electron chi connectivity index (χ3n) is 3.93. The number of hydrogen-bond acceptors (Lipinski definition) is 4. The topological polar surface area (TPSA) is 99.7 Å². The summed E-state index contributed by atoms with van der Waals surface area (Å²) in [6, 6.07) is 13.9. The molecule has 3 rings (SSSR count). The number of nitrogens with one attached hydrogen (secondary N) is 1. The second-order valence-corrected chi connectivity index (χ2v) is 5.65. The van der Waals surface area contributed by atoms with Crippen molar-refractivity contribution in [3.05, 3.63) is 89.0 Å². The molecule has 0 unspecified atom stereocenters. The third-order valence-corrected chi connectivity index (χ3v) is 3.93. The van der Waals surface area contributed by atoms with Gasteiger partial charge in [0, 0.05) is 17.9 Å². The highest BCUT2D eigenvalue weighted by Crippen LogP contribution is 2.31. The van der Waals surface area contributed by atoms with Crippen LogP contribution in [0, 0.1) is 24.2 Å². The SMILES string of the molecule is C#N.Cc1cc(C(=C2C=CC(=N)C=C2)c2ccc(N)cc2)ccc1N.Cl. The van der Waals surface area contributed by atoms with Gasteiger partial charge in [-0.05, 0) is 71.2 Å². The van der Waals surface area contributed by atoms with Crippen LogP contribution in [0.25, 0.3) is 5.57 Å². The number of aryl methyl sites for hydroxylation is 1. The van der Waals surface area contributed by atoms with Crippen LogP contribution in [0.15, 0.2) is 72.3 Å². The normalized spacial score (nSPS) is 12.0. The Bertz CT molecular complexity index is 885. The van der Waals surface area contributed by atoms with Crippen LogP contribution in [-0.4, -0.2) is 5.71 Å². The van der Waals surface area contributed by atoms with Gasteiger partial charge >= 0.3 is 0 Å². The fourth-order valence-electron chi connectivity index (χ4n) is 2.62. The quantitative estimate of drug-likeness (QED) is 0.675. The number of nitrogens with zero attached hydrogens (tertiary/aromatic N) is 1. The van der Waals surface area contributed by atoms with Crippen LogP contribution in [0.1, 0.15) is 16.7 Å². The van der Waals surface area contributed by atoms with E-state index in [1.165, 1.54) is 0 Å². The zero-order valence-electron chi connectivity index (χ0n) is 14.4. The number of anilines is 2. The van der Waals surface area contributed by atoms with Gasteiger partial charge in [-0.1, -0.05) is 30.4 Å². The molecule has 0 aromatic heterocycles. The summed E-state index contributed by atoms with van der Waals surface area (Å²) in [5.74, 6) is 0. The maximum atomic E-state index is 7.69. The molecule has 0 bridgehead atoms. The van der Waals surface area contributed by atoms with E-state index in [9.17, 15) is 0 Å². The largest absolute Gasteiger partial charge is 0.399 e. The van der Waals surface area contributed by atoms with E-state index in [1.807, 2.05) is 55.5 Å². The lowest BCUT2D eigenvalue weighted by atomic mass is 9.90. The van der Waals surface area contributed by atoms with Gasteiger partial charge in [0.1, 0.15) is 0 Å². The van der Waals surface area contributed by atoms with E-state index < -0.39 is 0 Å². The minimum Gasteiger partial charge on any atom is -0.399 e. The predicted octanol–water partition coefficient (Wildman–Crippen LogP) is 4.67. The zero-order chi connectivity index (χ0) is 18.4. The molecule has 26 heavy (non-hydrogen) atoms. The molecular formula is C21H21ClN4. The number of nitrogens with two attached hydrogens (primary N) is 2. The van der Waals surface area contributed by atoms with E-state index in [2.05, 4.69) is 12.6 Å². The van der Waals surface area contributed by atoms with Gasteiger partial charge in [-0.2, -0.15) is 0 Å². The van der Waals surface area contributed by atoms with Crippen LogP contribution in [0.5, 0.6) is 0 Å². The van der Waals surface area contributed by atoms with Crippen LogP contribution in [0.3, 0.4) is 0 Å². The Labute approximate surface area is 160 Å². The first-order valence-electron chi connectivity index (χ1n) is 7.72. The lowest BCUT2D eigenvalue weighted by Crippen LogP contribution is -1.99. The van der Waals surface area contributed by atoms with Crippen molar-refractivity contribution in [1.29, 1.82) is 10.7 Å². The summed E-state index contributed by atoms with van der Waals surface area (Å²) in [4.78, 5) is 0. The molecule has 0 atom stereocenters. The van der Waals surface area contributed by atoms with Crippen molar-refractivity contribution >= 4 is 35.1 Å². The molecule has 132 valence electrons. The Hall–Kier alpha value is -3.29. The Balaban J connectivity index is 0.00000109. The Kier molecular flexibility index (Phi) is 7.39. The van der Waals surface area contributed by atoms with Crippen molar-refractivity contribution in [2.75, 3.05) is 11.5 Å². The molecule has 0 saturated heterocycles. The fourth-order valence-corrected chi connectivity index (χ4v) is 2.62. The van der Waals surface area contributed by atoms with Gasteiger partial charge in [0.05, 0.1) is 5.71 Å². The van der Waals surface area contributed by atoms with Crippen LogP contribution in [0.4, 0.5) is 11.4 Å². The standard InChI is InChI=1S/C20H19N3.CHN.ClH/c1-13-12-16(6-11-19(13)23)20(14-2-7-17(21)8-3-14)15-4-9-18(22)10-5-15;1-2;/h2-12,21H,22-23H2,1H3;1H;1H. The van der Waals surface area contributed by atoms with Crippen molar-refractivity contribution in [2.24, 2.45) is 0 Å². The van der Waals surface area contributed by atoms with Gasteiger partial charge in [0.15, 0.2) is 0 Å². The zero-order valence-corrected chi connectivity index (χ0v) is 15.3. The predicted molar refractivity (Wildman–Crippen MR) is 112 cm³/mol. The molecule has 1 aliphatic carbocycles. The average molecular weight is 365 g/mol. The fraction of sp³-hybridized carbons (Fsp3) is 0.0476. The second-order valence-electron chi connectivity index (χ2n) is 5.65. The molecule has 5 heteroatoms. The molecule has 2 aromatic carbocycles. The summed E-state index contributed by atoms with van der Waals surface area (Å²) in [5.41, 5.74) is 19.2. The van der Waals surface area contributed by atoms with Crippen LogP contribution in [-0.2, 0) is 0 Å². The number of nitrogen functional groups attached to an aromatic ring is 2. The van der Waals surface area contributed by atoms with Gasteiger partial charge in [-0.15, -0.1) is 12.4 Å². The molecule has 2 aromatic rings. The molecule has 1 aliphatic rings. The molecule has 0 spiro atoms.